The van der Waals surface area contributed by atoms with E-state index in [9.17, 15) is 0 Å². The first-order chi connectivity index (χ1) is 5.15. The van der Waals surface area contributed by atoms with E-state index in [2.05, 4.69) is 31.9 Å². The van der Waals surface area contributed by atoms with E-state index < -0.39 is 12.7 Å². The van der Waals surface area contributed by atoms with Gasteiger partial charge in [-0.25, -0.2) is 0 Å². The van der Waals surface area contributed by atoms with Gasteiger partial charge in [0.2, 0.25) is 0 Å². The van der Waals surface area contributed by atoms with E-state index in [0.717, 1.165) is 4.24 Å². The van der Waals surface area contributed by atoms with Crippen molar-refractivity contribution in [3.05, 3.63) is 0 Å². The molecule has 12 heavy (non-hydrogen) atoms. The van der Waals surface area contributed by atoms with Crippen molar-refractivity contribution in [2.45, 2.75) is 6.55 Å². The summed E-state index contributed by atoms with van der Waals surface area (Å²) in [5, 5.41) is 0. The molecule has 0 nitrogen and oxygen atoms in total. The minimum absolute atomic E-state index is 0.875. The molecule has 0 aromatic rings. The Morgan fingerprint density at radius 3 is 1.08 bits per heavy atom. The Hall–Kier alpha value is 3.13. The molecule has 0 atom stereocenters. The van der Waals surface area contributed by atoms with Crippen LogP contribution in [0.25, 0.3) is 0 Å². The van der Waals surface area contributed by atoms with E-state index in [1.54, 1.807) is 6.55 Å². The van der Waals surface area contributed by atoms with Crippen molar-refractivity contribution in [2.75, 3.05) is 4.24 Å². The normalized spacial score (nSPS) is 9.50. The van der Waals surface area contributed by atoms with E-state index in [-0.39, 0.29) is 0 Å². The molecule has 0 rings (SSSR count). The van der Waals surface area contributed by atoms with Crippen molar-refractivity contribution in [1.29, 1.82) is 0 Å². The molecule has 0 fully saturated rings. The van der Waals surface area contributed by atoms with Crippen molar-refractivity contribution in [3.63, 3.8) is 0 Å². The van der Waals surface area contributed by atoms with Crippen LogP contribution in [0, 0.1) is 0 Å². The summed E-state index contributed by atoms with van der Waals surface area (Å²) in [5.41, 5.74) is 0. The lowest BCUT2D eigenvalue weighted by molar-refractivity contribution is 2.31. The molecule has 78 valence electrons. The number of rotatable bonds is 0. The fraction of sp³-hybridized carbons (Fsp3) is 1.00. The molecule has 0 heterocycles. The third-order valence-electron chi connectivity index (χ3n) is 0. The molecular weight excluding hydrogens is 453 g/mol. The molecule has 0 spiro atoms. The van der Waals surface area contributed by atoms with E-state index >= 15 is 0 Å². The second-order valence-corrected chi connectivity index (χ2v) is 20.3. The summed E-state index contributed by atoms with van der Waals surface area (Å²) >= 11 is 36.6. The Balaban J connectivity index is -0.000000105. The van der Waals surface area contributed by atoms with Crippen LogP contribution in [0.15, 0.2) is 0 Å². The number of alkyl halides is 2. The Morgan fingerprint density at radius 2 is 1.08 bits per heavy atom. The van der Waals surface area contributed by atoms with Crippen LogP contribution in [0.1, 0.15) is 0 Å². The molecule has 0 aromatic heterocycles. The summed E-state index contributed by atoms with van der Waals surface area (Å²) in [6.07, 6.45) is 0. The lowest BCUT2D eigenvalue weighted by atomic mass is 11.9. The van der Waals surface area contributed by atoms with Crippen molar-refractivity contribution >= 4 is 111 Å². The van der Waals surface area contributed by atoms with Gasteiger partial charge in [-0.1, -0.05) is 31.9 Å². The Bertz CT molecular complexity index is 67.7. The van der Waals surface area contributed by atoms with Gasteiger partial charge in [0.05, 0.1) is 4.24 Å². The standard InChI is InChI=1S/CH2Br2.CH3Cl3Si.Cl3HSi/c2-1-3;1-5(2,3)4;1-4(2)3/h1H2;1H3;4H. The highest BCUT2D eigenvalue weighted by molar-refractivity contribution is 9.24. The molecule has 0 unspecified atom stereocenters. The fourth-order valence-corrected chi connectivity index (χ4v) is 0. The molecule has 0 radical (unpaired) electrons. The van der Waals surface area contributed by atoms with Gasteiger partial charge in [0, 0.05) is 0 Å². The van der Waals surface area contributed by atoms with Crippen LogP contribution in [0.2, 0.25) is 6.55 Å². The van der Waals surface area contributed by atoms with E-state index in [1.165, 1.54) is 0 Å². The van der Waals surface area contributed by atoms with Gasteiger partial charge in [0.25, 0.3) is 0 Å². The van der Waals surface area contributed by atoms with E-state index in [0.29, 0.717) is 0 Å². The molecule has 0 amide bonds. The quantitative estimate of drug-likeness (QED) is 0.258. The minimum Gasteiger partial charge on any atom is -0.130 e. The Labute approximate surface area is 120 Å². The van der Waals surface area contributed by atoms with Gasteiger partial charge in [-0.15, -0.1) is 66.5 Å². The summed E-state index contributed by atoms with van der Waals surface area (Å²) in [4.78, 5) is 0. The molecule has 0 aliphatic carbocycles. The van der Waals surface area contributed by atoms with E-state index in [4.69, 9.17) is 66.5 Å². The van der Waals surface area contributed by atoms with Gasteiger partial charge in [0.15, 0.2) is 0 Å². The van der Waals surface area contributed by atoms with Crippen molar-refractivity contribution in [1.82, 2.24) is 0 Å². The molecule has 0 saturated carbocycles. The third-order valence-corrected chi connectivity index (χ3v) is 0. The first-order valence-electron chi connectivity index (χ1n) is 2.26. The molecule has 10 heteroatoms. The molecular formula is C2H6Br2Cl6Si2. The molecule has 0 aliphatic heterocycles. The summed E-state index contributed by atoms with van der Waals surface area (Å²) in [5.74, 6) is 0. The van der Waals surface area contributed by atoms with E-state index in [1.807, 2.05) is 0 Å². The fourth-order valence-electron chi connectivity index (χ4n) is 0. The summed E-state index contributed by atoms with van der Waals surface area (Å²) in [6, 6.07) is -2.19. The van der Waals surface area contributed by atoms with Crippen molar-refractivity contribution in [2.24, 2.45) is 0 Å². The van der Waals surface area contributed by atoms with Crippen LogP contribution in [-0.2, 0) is 0 Å². The molecule has 0 aromatic carbocycles. The zero-order chi connectivity index (χ0) is 10.8. The third kappa shape index (κ3) is 197. The predicted molar refractivity (Wildman–Crippen MR) is 76.6 cm³/mol. The van der Waals surface area contributed by atoms with Gasteiger partial charge >= 0.3 is 12.7 Å². The lowest BCUT2D eigenvalue weighted by Gasteiger charge is -1.89. The molecule has 0 aliphatic rings. The summed E-state index contributed by atoms with van der Waals surface area (Å²) in [6.45, 7) is -0.0995. The topological polar surface area (TPSA) is 0 Å². The van der Waals surface area contributed by atoms with Gasteiger partial charge in [-0.3, -0.25) is 0 Å². The average molecular weight is 459 g/mol. The number of hydrogen-bond acceptors (Lipinski definition) is 0. The average Bonchev–Trinajstić information content (AvgIpc) is 1.56. The SMILES string of the molecule is BrCBr.C[Si](Cl)(Cl)Cl.Cl[SiH](Cl)Cl. The highest BCUT2D eigenvalue weighted by Gasteiger charge is 2.13. The van der Waals surface area contributed by atoms with Gasteiger partial charge in [0.1, 0.15) is 0 Å². The highest BCUT2D eigenvalue weighted by atomic mass is 79.9. The summed E-state index contributed by atoms with van der Waals surface area (Å²) < 4.78 is 0.875. The minimum atomic E-state index is -2.19. The number of hydrogen-bond donors (Lipinski definition) is 0. The van der Waals surface area contributed by atoms with Crippen LogP contribution in [0.3, 0.4) is 0 Å². The van der Waals surface area contributed by atoms with Gasteiger partial charge in [-0.2, -0.15) is 0 Å². The van der Waals surface area contributed by atoms with Crippen LogP contribution in [0.5, 0.6) is 0 Å². The van der Waals surface area contributed by atoms with Crippen LogP contribution in [0.4, 0.5) is 0 Å². The van der Waals surface area contributed by atoms with Crippen LogP contribution in [-0.4, -0.2) is 17.0 Å². The number of halogens is 8. The van der Waals surface area contributed by atoms with Gasteiger partial charge < -0.3 is 0 Å². The van der Waals surface area contributed by atoms with Crippen molar-refractivity contribution in [3.8, 4) is 0 Å². The largest absolute Gasteiger partial charge is 0.338 e. The first kappa shape index (κ1) is 20.5. The predicted octanol–water partition coefficient (Wildman–Crippen LogP) is 5.43. The van der Waals surface area contributed by atoms with Crippen LogP contribution >= 0.6 is 98.3 Å². The monoisotopic (exact) mass is 454 g/mol. The Morgan fingerprint density at radius 1 is 1.08 bits per heavy atom. The maximum atomic E-state index is 5.20. The zero-order valence-electron chi connectivity index (χ0n) is 5.81. The molecule has 0 saturated heterocycles. The first-order valence-corrected chi connectivity index (χ1v) is 15.3. The lowest BCUT2D eigenvalue weighted by Crippen LogP contribution is -1.97. The second-order valence-electron chi connectivity index (χ2n) is 1.13. The zero-order valence-corrected chi connectivity index (χ0v) is 15.7. The maximum absolute atomic E-state index is 5.20. The van der Waals surface area contributed by atoms with Gasteiger partial charge in [-0.05, 0) is 6.55 Å². The highest BCUT2D eigenvalue weighted by Crippen LogP contribution is 2.17. The van der Waals surface area contributed by atoms with Crippen molar-refractivity contribution < 1.29 is 0 Å². The summed E-state index contributed by atoms with van der Waals surface area (Å²) in [7, 11) is 0. The Kier molecular flexibility index (Phi) is 24.2. The maximum Gasteiger partial charge on any atom is 0.338 e. The molecule has 0 bridgehead atoms. The van der Waals surface area contributed by atoms with Crippen LogP contribution < -0.4 is 0 Å². The molecule has 0 N–H and O–H groups in total. The second kappa shape index (κ2) is 14.1. The smallest absolute Gasteiger partial charge is 0.130 e.